The molecule has 0 aromatic heterocycles. The lowest BCUT2D eigenvalue weighted by Gasteiger charge is -2.17. The summed E-state index contributed by atoms with van der Waals surface area (Å²) in [5.41, 5.74) is 6.14. The highest BCUT2D eigenvalue weighted by Gasteiger charge is 2.25. The number of methoxy groups -OCH3 is 1. The Morgan fingerprint density at radius 3 is 2.95 bits per heavy atom. The van der Waals surface area contributed by atoms with Crippen molar-refractivity contribution in [1.29, 1.82) is 0 Å². The van der Waals surface area contributed by atoms with E-state index in [-0.39, 0.29) is 6.79 Å². The van der Waals surface area contributed by atoms with Crippen molar-refractivity contribution >= 4 is 5.91 Å². The second kappa shape index (κ2) is 5.79. The maximum absolute atomic E-state index is 11.6. The van der Waals surface area contributed by atoms with Crippen LogP contribution in [0.2, 0.25) is 0 Å². The lowest BCUT2D eigenvalue weighted by molar-refractivity contribution is -0.120. The highest BCUT2D eigenvalue weighted by molar-refractivity contribution is 5.82. The van der Waals surface area contributed by atoms with Crippen molar-refractivity contribution in [1.82, 2.24) is 5.32 Å². The molecule has 3 N–H and O–H groups in total. The first kappa shape index (κ1) is 13.5. The number of carbonyl (C=O) groups excluding carboxylic acids is 1. The number of nitrogens with two attached hydrogens (primary N) is 1. The van der Waals surface area contributed by atoms with Gasteiger partial charge in [0.1, 0.15) is 6.04 Å². The van der Waals surface area contributed by atoms with Crippen LogP contribution in [0, 0.1) is 0 Å². The number of primary amides is 1. The van der Waals surface area contributed by atoms with Crippen molar-refractivity contribution in [3.05, 3.63) is 17.7 Å². The first-order valence-electron chi connectivity index (χ1n) is 6.17. The Hall–Kier alpha value is -1.95. The quantitative estimate of drug-likeness (QED) is 0.801. The van der Waals surface area contributed by atoms with Crippen molar-refractivity contribution in [2.24, 2.45) is 5.73 Å². The van der Waals surface area contributed by atoms with Gasteiger partial charge >= 0.3 is 0 Å². The van der Waals surface area contributed by atoms with E-state index in [1.54, 1.807) is 19.2 Å². The highest BCUT2D eigenvalue weighted by Crippen LogP contribution is 2.42. The van der Waals surface area contributed by atoms with Crippen molar-refractivity contribution in [3.63, 3.8) is 0 Å². The van der Waals surface area contributed by atoms with Crippen LogP contribution in [-0.2, 0) is 4.79 Å². The second-order valence-electron chi connectivity index (χ2n) is 4.25. The van der Waals surface area contributed by atoms with Crippen LogP contribution in [0.3, 0.4) is 0 Å². The Morgan fingerprint density at radius 1 is 1.53 bits per heavy atom. The normalized spacial score (nSPS) is 14.2. The van der Waals surface area contributed by atoms with E-state index in [4.69, 9.17) is 19.9 Å². The minimum Gasteiger partial charge on any atom is -0.493 e. The molecule has 0 saturated heterocycles. The first-order chi connectivity index (χ1) is 9.17. The third-order valence-electron chi connectivity index (χ3n) is 2.90. The van der Waals surface area contributed by atoms with Crippen LogP contribution in [0.4, 0.5) is 0 Å². The molecule has 2 rings (SSSR count). The van der Waals surface area contributed by atoms with Crippen LogP contribution in [-0.4, -0.2) is 26.4 Å². The van der Waals surface area contributed by atoms with Gasteiger partial charge in [-0.1, -0.05) is 6.92 Å². The molecule has 0 saturated carbocycles. The molecule has 1 aliphatic rings. The Kier molecular flexibility index (Phi) is 4.11. The van der Waals surface area contributed by atoms with Gasteiger partial charge in [0.2, 0.25) is 18.4 Å². The van der Waals surface area contributed by atoms with E-state index in [1.807, 2.05) is 6.92 Å². The molecule has 19 heavy (non-hydrogen) atoms. The molecule has 1 heterocycles. The number of benzene rings is 1. The van der Waals surface area contributed by atoms with Crippen LogP contribution in [0.5, 0.6) is 17.2 Å². The van der Waals surface area contributed by atoms with Crippen LogP contribution in [0.25, 0.3) is 0 Å². The SMILES string of the molecule is CCCNC(C(N)=O)c1cc(OC)c2c(c1)OCO2. The van der Waals surface area contributed by atoms with E-state index < -0.39 is 11.9 Å². The maximum Gasteiger partial charge on any atom is 0.239 e. The Morgan fingerprint density at radius 2 is 2.32 bits per heavy atom. The summed E-state index contributed by atoms with van der Waals surface area (Å²) in [6, 6.07) is 2.93. The molecule has 0 spiro atoms. The van der Waals surface area contributed by atoms with E-state index in [1.165, 1.54) is 0 Å². The molecular formula is C13H18N2O4. The monoisotopic (exact) mass is 266 g/mol. The number of ether oxygens (including phenoxy) is 3. The van der Waals surface area contributed by atoms with Crippen molar-refractivity contribution in [3.8, 4) is 17.2 Å². The Bertz CT molecular complexity index is 476. The molecular weight excluding hydrogens is 248 g/mol. The molecule has 1 unspecified atom stereocenters. The van der Waals surface area contributed by atoms with Crippen LogP contribution >= 0.6 is 0 Å². The zero-order valence-corrected chi connectivity index (χ0v) is 11.1. The van der Waals surface area contributed by atoms with Crippen LogP contribution in [0.1, 0.15) is 24.9 Å². The van der Waals surface area contributed by atoms with Crippen molar-refractivity contribution in [2.45, 2.75) is 19.4 Å². The fraction of sp³-hybridized carbons (Fsp3) is 0.462. The van der Waals surface area contributed by atoms with Gasteiger partial charge in [0.15, 0.2) is 11.5 Å². The van der Waals surface area contributed by atoms with Gasteiger partial charge in [0.05, 0.1) is 7.11 Å². The summed E-state index contributed by atoms with van der Waals surface area (Å²) in [4.78, 5) is 11.6. The summed E-state index contributed by atoms with van der Waals surface area (Å²) >= 11 is 0. The van der Waals surface area contributed by atoms with E-state index in [2.05, 4.69) is 5.32 Å². The van der Waals surface area contributed by atoms with Gasteiger partial charge in [-0.25, -0.2) is 0 Å². The highest BCUT2D eigenvalue weighted by atomic mass is 16.7. The van der Waals surface area contributed by atoms with Crippen molar-refractivity contribution in [2.75, 3.05) is 20.4 Å². The minimum atomic E-state index is -0.566. The molecule has 1 aliphatic heterocycles. The molecule has 1 atom stereocenters. The third kappa shape index (κ3) is 2.73. The van der Waals surface area contributed by atoms with E-state index >= 15 is 0 Å². The molecule has 1 aromatic rings. The van der Waals surface area contributed by atoms with Gasteiger partial charge in [-0.2, -0.15) is 0 Å². The summed E-state index contributed by atoms with van der Waals surface area (Å²) in [5.74, 6) is 1.23. The number of carbonyl (C=O) groups is 1. The molecule has 1 amide bonds. The van der Waals surface area contributed by atoms with Gasteiger partial charge in [0.25, 0.3) is 0 Å². The molecule has 0 aliphatic carbocycles. The lowest BCUT2D eigenvalue weighted by Crippen LogP contribution is -2.34. The molecule has 1 aromatic carbocycles. The van der Waals surface area contributed by atoms with Gasteiger partial charge in [-0.05, 0) is 30.7 Å². The number of nitrogens with one attached hydrogen (secondary N) is 1. The zero-order chi connectivity index (χ0) is 13.8. The largest absolute Gasteiger partial charge is 0.493 e. The summed E-state index contributed by atoms with van der Waals surface area (Å²) in [6.45, 7) is 2.87. The van der Waals surface area contributed by atoms with Gasteiger partial charge in [-0.15, -0.1) is 0 Å². The summed E-state index contributed by atoms with van der Waals surface area (Å²) in [6.07, 6.45) is 0.908. The maximum atomic E-state index is 11.6. The number of rotatable bonds is 6. The fourth-order valence-electron chi connectivity index (χ4n) is 1.99. The number of fused-ring (bicyclic) bond motifs is 1. The van der Waals surface area contributed by atoms with Crippen molar-refractivity contribution < 1.29 is 19.0 Å². The number of amides is 1. The molecule has 104 valence electrons. The predicted molar refractivity (Wildman–Crippen MR) is 69.3 cm³/mol. The van der Waals surface area contributed by atoms with Gasteiger partial charge in [0, 0.05) is 0 Å². The summed E-state index contributed by atoms with van der Waals surface area (Å²) in [7, 11) is 1.54. The molecule has 0 bridgehead atoms. The summed E-state index contributed by atoms with van der Waals surface area (Å²) < 4.78 is 15.9. The van der Waals surface area contributed by atoms with Gasteiger partial charge in [-0.3, -0.25) is 4.79 Å². The predicted octanol–water partition coefficient (Wildman–Crippen LogP) is 0.950. The summed E-state index contributed by atoms with van der Waals surface area (Å²) in [5, 5.41) is 3.10. The Balaban J connectivity index is 2.34. The van der Waals surface area contributed by atoms with E-state index in [0.29, 0.717) is 29.4 Å². The Labute approximate surface area is 111 Å². The van der Waals surface area contributed by atoms with E-state index in [0.717, 1.165) is 6.42 Å². The second-order valence-corrected chi connectivity index (χ2v) is 4.25. The standard InChI is InChI=1S/C13H18N2O4/c1-3-4-15-11(13(14)16)8-5-9(17-2)12-10(6-8)18-7-19-12/h5-6,11,15H,3-4,7H2,1-2H3,(H2,14,16). The average Bonchev–Trinajstić information content (AvgIpc) is 2.86. The fourth-order valence-corrected chi connectivity index (χ4v) is 1.99. The first-order valence-corrected chi connectivity index (χ1v) is 6.17. The minimum absolute atomic E-state index is 0.152. The number of hydrogen-bond acceptors (Lipinski definition) is 5. The molecule has 0 fully saturated rings. The van der Waals surface area contributed by atoms with Crippen LogP contribution in [0.15, 0.2) is 12.1 Å². The average molecular weight is 266 g/mol. The van der Waals surface area contributed by atoms with Crippen LogP contribution < -0.4 is 25.3 Å². The van der Waals surface area contributed by atoms with E-state index in [9.17, 15) is 4.79 Å². The third-order valence-corrected chi connectivity index (χ3v) is 2.90. The number of hydrogen-bond donors (Lipinski definition) is 2. The molecule has 6 heteroatoms. The zero-order valence-electron chi connectivity index (χ0n) is 11.1. The molecule has 6 nitrogen and oxygen atoms in total. The lowest BCUT2D eigenvalue weighted by atomic mass is 10.0. The smallest absolute Gasteiger partial charge is 0.239 e. The molecule has 0 radical (unpaired) electrons. The van der Waals surface area contributed by atoms with Gasteiger partial charge < -0.3 is 25.3 Å². The topological polar surface area (TPSA) is 82.8 Å².